The van der Waals surface area contributed by atoms with Crippen LogP contribution in [0.15, 0.2) is 45.3 Å². The minimum absolute atomic E-state index is 0.577. The second kappa shape index (κ2) is 4.52. The predicted octanol–water partition coefficient (Wildman–Crippen LogP) is 5.12. The number of halogens is 1. The Morgan fingerprint density at radius 1 is 1.21 bits per heavy atom. The van der Waals surface area contributed by atoms with E-state index in [1.807, 2.05) is 37.3 Å². The summed E-state index contributed by atoms with van der Waals surface area (Å²) in [5.41, 5.74) is 3.90. The summed E-state index contributed by atoms with van der Waals surface area (Å²) in [5, 5.41) is 0. The Morgan fingerprint density at radius 3 is 2.63 bits per heavy atom. The number of aryl methyl sites for hydroxylation is 1. The van der Waals surface area contributed by atoms with Gasteiger partial charge in [-0.2, -0.15) is 0 Å². The van der Waals surface area contributed by atoms with Gasteiger partial charge in [0.05, 0.1) is 12.1 Å². The third kappa shape index (κ3) is 2.13. The van der Waals surface area contributed by atoms with Crippen molar-refractivity contribution < 1.29 is 4.42 Å². The van der Waals surface area contributed by atoms with Crippen molar-refractivity contribution in [2.24, 2.45) is 0 Å². The first-order valence-electron chi connectivity index (χ1n) is 5.72. The van der Waals surface area contributed by atoms with Gasteiger partial charge < -0.3 is 4.42 Å². The molecule has 3 rings (SSSR count). The van der Waals surface area contributed by atoms with Crippen molar-refractivity contribution in [1.29, 1.82) is 0 Å². The molecule has 0 radical (unpaired) electrons. The summed E-state index contributed by atoms with van der Waals surface area (Å²) in [6.45, 7) is 9.00. The zero-order valence-corrected chi connectivity index (χ0v) is 11.7. The van der Waals surface area contributed by atoms with Crippen molar-refractivity contribution in [2.75, 3.05) is 0 Å². The molecule has 4 heteroatoms. The molecule has 0 spiro atoms. The largest absolute Gasteiger partial charge is 0.436 e. The number of hydrogen-bond acceptors (Lipinski definition) is 2. The van der Waals surface area contributed by atoms with Gasteiger partial charge in [-0.25, -0.2) is 9.83 Å². The van der Waals surface area contributed by atoms with Crippen molar-refractivity contribution in [3.8, 4) is 11.5 Å². The smallest absolute Gasteiger partial charge is 0.227 e. The Morgan fingerprint density at radius 2 is 1.95 bits per heavy atom. The van der Waals surface area contributed by atoms with Gasteiger partial charge in [-0.1, -0.05) is 15.9 Å². The highest BCUT2D eigenvalue weighted by molar-refractivity contribution is 9.10. The average molecular weight is 313 g/mol. The normalized spacial score (nSPS) is 10.6. The minimum atomic E-state index is 0.577. The van der Waals surface area contributed by atoms with Gasteiger partial charge in [-0.3, -0.25) is 0 Å². The van der Waals surface area contributed by atoms with Crippen LogP contribution in [-0.4, -0.2) is 4.98 Å². The first-order valence-corrected chi connectivity index (χ1v) is 6.51. The fourth-order valence-electron chi connectivity index (χ4n) is 1.96. The van der Waals surface area contributed by atoms with E-state index in [1.165, 1.54) is 0 Å². The van der Waals surface area contributed by atoms with E-state index in [-0.39, 0.29) is 0 Å². The summed E-state index contributed by atoms with van der Waals surface area (Å²) in [4.78, 5) is 7.89. The molecular formula is C15H9BrN2O. The lowest BCUT2D eigenvalue weighted by molar-refractivity contribution is 0.617. The molecule has 0 amide bonds. The second-order valence-electron chi connectivity index (χ2n) is 4.25. The van der Waals surface area contributed by atoms with Crippen LogP contribution in [0.1, 0.15) is 5.56 Å². The number of hydrogen-bond donors (Lipinski definition) is 0. The summed E-state index contributed by atoms with van der Waals surface area (Å²) in [6.07, 6.45) is 0. The average Bonchev–Trinajstić information content (AvgIpc) is 2.84. The van der Waals surface area contributed by atoms with E-state index in [0.29, 0.717) is 11.6 Å². The summed E-state index contributed by atoms with van der Waals surface area (Å²) >= 11 is 3.40. The molecule has 2 aromatic carbocycles. The monoisotopic (exact) mass is 312 g/mol. The molecule has 1 aromatic heterocycles. The third-order valence-electron chi connectivity index (χ3n) is 2.88. The van der Waals surface area contributed by atoms with Gasteiger partial charge in [0.1, 0.15) is 0 Å². The molecule has 0 saturated carbocycles. The van der Waals surface area contributed by atoms with Gasteiger partial charge >= 0.3 is 0 Å². The quantitative estimate of drug-likeness (QED) is 0.584. The molecule has 92 valence electrons. The number of nitrogens with zero attached hydrogens (tertiary/aromatic N) is 2. The molecule has 0 N–H and O–H groups in total. The van der Waals surface area contributed by atoms with Crippen LogP contribution in [0.4, 0.5) is 5.69 Å². The predicted molar refractivity (Wildman–Crippen MR) is 78.1 cm³/mol. The van der Waals surface area contributed by atoms with Gasteiger partial charge in [0, 0.05) is 10.0 Å². The van der Waals surface area contributed by atoms with E-state index in [0.717, 1.165) is 26.7 Å². The topological polar surface area (TPSA) is 30.4 Å². The second-order valence-corrected chi connectivity index (χ2v) is 5.16. The zero-order chi connectivity index (χ0) is 13.4. The lowest BCUT2D eigenvalue weighted by Gasteiger charge is -1.95. The molecule has 3 aromatic rings. The van der Waals surface area contributed by atoms with Gasteiger partial charge in [-0.05, 0) is 48.9 Å². The van der Waals surface area contributed by atoms with Crippen LogP contribution < -0.4 is 0 Å². The molecule has 0 saturated heterocycles. The van der Waals surface area contributed by atoms with Crippen LogP contribution in [-0.2, 0) is 0 Å². The van der Waals surface area contributed by atoms with E-state index >= 15 is 0 Å². The summed E-state index contributed by atoms with van der Waals surface area (Å²) < 4.78 is 6.81. The van der Waals surface area contributed by atoms with Crippen molar-refractivity contribution in [2.45, 2.75) is 6.92 Å². The van der Waals surface area contributed by atoms with Crippen molar-refractivity contribution in [3.05, 3.63) is 57.9 Å². The van der Waals surface area contributed by atoms with Crippen LogP contribution in [0.5, 0.6) is 0 Å². The number of oxazole rings is 1. The van der Waals surface area contributed by atoms with Crippen LogP contribution >= 0.6 is 15.9 Å². The first-order chi connectivity index (χ1) is 9.17. The number of benzene rings is 2. The van der Waals surface area contributed by atoms with Crippen LogP contribution in [0, 0.1) is 13.5 Å². The number of fused-ring (bicyclic) bond motifs is 1. The molecule has 0 fully saturated rings. The molecule has 1 heterocycles. The molecular weight excluding hydrogens is 304 g/mol. The molecule has 0 bridgehead atoms. The molecule has 0 aliphatic carbocycles. The first kappa shape index (κ1) is 11.9. The molecule has 0 aliphatic heterocycles. The van der Waals surface area contributed by atoms with Crippen LogP contribution in [0.25, 0.3) is 27.4 Å². The van der Waals surface area contributed by atoms with E-state index in [1.54, 1.807) is 6.07 Å². The lowest BCUT2D eigenvalue weighted by Crippen LogP contribution is -1.76. The van der Waals surface area contributed by atoms with Gasteiger partial charge in [0.2, 0.25) is 5.89 Å². The Bertz CT molecular complexity index is 797. The van der Waals surface area contributed by atoms with Crippen LogP contribution in [0.2, 0.25) is 0 Å². The van der Waals surface area contributed by atoms with Gasteiger partial charge in [0.25, 0.3) is 0 Å². The number of rotatable bonds is 1. The van der Waals surface area contributed by atoms with Gasteiger partial charge in [0.15, 0.2) is 11.3 Å². The fraction of sp³-hybridized carbons (Fsp3) is 0.0667. The van der Waals surface area contributed by atoms with Crippen molar-refractivity contribution in [3.63, 3.8) is 0 Å². The van der Waals surface area contributed by atoms with E-state index in [4.69, 9.17) is 11.0 Å². The Balaban J connectivity index is 2.19. The third-order valence-corrected chi connectivity index (χ3v) is 3.41. The Hall–Kier alpha value is -2.12. The summed E-state index contributed by atoms with van der Waals surface area (Å²) in [7, 11) is 0. The van der Waals surface area contributed by atoms with E-state index < -0.39 is 0 Å². The maximum Gasteiger partial charge on any atom is 0.227 e. The highest BCUT2D eigenvalue weighted by Gasteiger charge is 2.11. The molecule has 0 unspecified atom stereocenters. The Labute approximate surface area is 118 Å². The van der Waals surface area contributed by atoms with E-state index in [9.17, 15) is 0 Å². The zero-order valence-electron chi connectivity index (χ0n) is 10.1. The molecule has 0 aliphatic rings. The maximum absolute atomic E-state index is 7.07. The highest BCUT2D eigenvalue weighted by atomic mass is 79.9. The number of aromatic nitrogens is 1. The van der Waals surface area contributed by atoms with Crippen molar-refractivity contribution >= 4 is 32.7 Å². The minimum Gasteiger partial charge on any atom is -0.436 e. The van der Waals surface area contributed by atoms with E-state index in [2.05, 4.69) is 25.8 Å². The highest BCUT2D eigenvalue weighted by Crippen LogP contribution is 2.30. The lowest BCUT2D eigenvalue weighted by atomic mass is 10.2. The fourth-order valence-corrected chi connectivity index (χ4v) is 2.23. The van der Waals surface area contributed by atoms with Crippen molar-refractivity contribution in [1.82, 2.24) is 4.98 Å². The standard InChI is InChI=1S/C15H9BrN2O/c1-9-7-12(17-2)8-13-14(9)19-15(18-13)10-3-5-11(16)6-4-10/h3-8H,1H3. The molecule has 0 atom stereocenters. The molecule has 3 nitrogen and oxygen atoms in total. The SMILES string of the molecule is [C-]#[N+]c1cc(C)c2oc(-c3ccc(Br)cc3)nc2c1. The summed E-state index contributed by atoms with van der Waals surface area (Å²) in [6, 6.07) is 11.3. The maximum atomic E-state index is 7.07. The Kier molecular flexibility index (Phi) is 2.84. The van der Waals surface area contributed by atoms with Crippen LogP contribution in [0.3, 0.4) is 0 Å². The van der Waals surface area contributed by atoms with Gasteiger partial charge in [-0.15, -0.1) is 0 Å². The molecule has 19 heavy (non-hydrogen) atoms. The summed E-state index contributed by atoms with van der Waals surface area (Å²) in [5.74, 6) is 0.577.